The zero-order chi connectivity index (χ0) is 46.3. The van der Waals surface area contributed by atoms with Crippen molar-refractivity contribution in [1.29, 1.82) is 0 Å². The zero-order valence-electron chi connectivity index (χ0n) is 40.8. The summed E-state index contributed by atoms with van der Waals surface area (Å²) in [5, 5.41) is 2.15. The molecule has 2 aromatic heterocycles. The Bertz CT molecular complexity index is 3320. The first-order valence-electron chi connectivity index (χ1n) is 23.1. The Hall–Kier alpha value is -6.42. The molecule has 0 atom stereocenters. The summed E-state index contributed by atoms with van der Waals surface area (Å²) in [6.07, 6.45) is 2.31. The van der Waals surface area contributed by atoms with Crippen LogP contribution in [0.3, 0.4) is 0 Å². The van der Waals surface area contributed by atoms with E-state index in [-0.39, 0.29) is 49.0 Å². The fourth-order valence-electron chi connectivity index (χ4n) is 7.49. The van der Waals surface area contributed by atoms with Crippen molar-refractivity contribution in [2.45, 2.75) is 6.42 Å². The van der Waals surface area contributed by atoms with Crippen molar-refractivity contribution in [2.75, 3.05) is 28.8 Å². The molecule has 0 N–H and O–H groups in total. The van der Waals surface area contributed by atoms with Crippen LogP contribution in [0.1, 0.15) is 24.8 Å². The zero-order valence-corrected chi connectivity index (χ0v) is 33.1. The normalized spacial score (nSPS) is 14.6. The van der Waals surface area contributed by atoms with Gasteiger partial charge in [0.2, 0.25) is 0 Å². The Kier molecular flexibility index (Phi) is 7.07. The second kappa shape index (κ2) is 15.3. The molecule has 0 radical (unpaired) electrons. The van der Waals surface area contributed by atoms with E-state index in [0.29, 0.717) is 17.8 Å². The van der Waals surface area contributed by atoms with Crippen molar-refractivity contribution in [2.24, 2.45) is 0 Å². The summed E-state index contributed by atoms with van der Waals surface area (Å²) in [6, 6.07) is 37.1. The second-order valence-corrected chi connectivity index (χ2v) is 13.6. The van der Waals surface area contributed by atoms with Crippen LogP contribution < -0.4 is 14.7 Å². The van der Waals surface area contributed by atoms with Crippen LogP contribution in [0.2, 0.25) is 0 Å². The van der Waals surface area contributed by atoms with E-state index in [1.165, 1.54) is 0 Å². The molecule has 0 bridgehead atoms. The molecule has 3 heterocycles. The van der Waals surface area contributed by atoms with Crippen molar-refractivity contribution < 1.29 is 34.8 Å². The molecular formula is C51H38N5Pt-3. The number of rotatable bonds is 8. The first kappa shape index (κ1) is 26.4. The van der Waals surface area contributed by atoms with Gasteiger partial charge in [-0.15, -0.1) is 17.7 Å². The summed E-state index contributed by atoms with van der Waals surface area (Å²) in [5.41, 5.74) is 7.24. The average Bonchev–Trinajstić information content (AvgIpc) is 3.88. The number of fused-ring (bicyclic) bond motifs is 4. The van der Waals surface area contributed by atoms with Gasteiger partial charge in [-0.05, 0) is 47.2 Å². The van der Waals surface area contributed by atoms with Gasteiger partial charge in [0.15, 0.2) is 0 Å². The minimum absolute atomic E-state index is 0. The van der Waals surface area contributed by atoms with E-state index in [1.807, 2.05) is 90.8 Å². The van der Waals surface area contributed by atoms with Gasteiger partial charge in [0.25, 0.3) is 0 Å². The molecule has 0 unspecified atom stereocenters. The van der Waals surface area contributed by atoms with E-state index >= 15 is 0 Å². The molecule has 0 fully saturated rings. The van der Waals surface area contributed by atoms with Crippen LogP contribution in [0.4, 0.5) is 28.4 Å². The maximum absolute atomic E-state index is 9.00. The van der Waals surface area contributed by atoms with Crippen LogP contribution in [-0.2, 0) is 27.5 Å². The fraction of sp³-hybridized carbons (Fsp3) is 0.0588. The van der Waals surface area contributed by atoms with E-state index in [4.69, 9.17) is 18.7 Å². The minimum Gasteiger partial charge on any atom is -0.493 e. The maximum atomic E-state index is 9.00. The molecule has 0 saturated carbocycles. The second-order valence-electron chi connectivity index (χ2n) is 13.6. The smallest absolute Gasteiger partial charge is 0.137 e. The summed E-state index contributed by atoms with van der Waals surface area (Å²) in [5.74, 6) is 0.782. The quantitative estimate of drug-likeness (QED) is 0.142. The van der Waals surface area contributed by atoms with Gasteiger partial charge in [-0.1, -0.05) is 114 Å². The SMILES string of the molecule is [2H]c1c([2H])c([2H])c(-c2cccc(-c3c([2H])c([2H])c([2H])c([2H])c3[2H])c2N2[CH-]N(c3[c-]c(Cc4[c-]c5c(cc4)c4ccccc4n5-c4cc(N(C)C)ccn4)ccc3)c3ccccc32)c([2H])c1[2H].[Pt]. The van der Waals surface area contributed by atoms with E-state index in [1.54, 1.807) is 29.8 Å². The number of benzene rings is 7. The number of nitrogens with zero attached hydrogens (tertiary/aromatic N) is 5. The first-order chi connectivity index (χ1) is 31.7. The predicted octanol–water partition coefficient (Wildman–Crippen LogP) is 12.2. The van der Waals surface area contributed by atoms with Crippen LogP contribution in [0.5, 0.6) is 0 Å². The molecule has 10 rings (SSSR count). The van der Waals surface area contributed by atoms with Gasteiger partial charge in [-0.25, -0.2) is 4.98 Å². The van der Waals surface area contributed by atoms with Crippen molar-refractivity contribution in [3.8, 4) is 28.1 Å². The molecule has 1 aliphatic rings. The van der Waals surface area contributed by atoms with Crippen LogP contribution in [0.25, 0.3) is 49.9 Å². The number of anilines is 5. The van der Waals surface area contributed by atoms with Gasteiger partial charge >= 0.3 is 0 Å². The summed E-state index contributed by atoms with van der Waals surface area (Å²) < 4.78 is 89.0. The molecule has 1 aliphatic heterocycles. The molecule has 7 aromatic carbocycles. The van der Waals surface area contributed by atoms with Gasteiger partial charge in [0.1, 0.15) is 5.82 Å². The number of pyridine rings is 1. The van der Waals surface area contributed by atoms with E-state index in [9.17, 15) is 0 Å². The Morgan fingerprint density at radius 2 is 1.30 bits per heavy atom. The topological polar surface area (TPSA) is 27.5 Å². The van der Waals surface area contributed by atoms with E-state index < -0.39 is 60.4 Å². The number of aromatic nitrogens is 2. The summed E-state index contributed by atoms with van der Waals surface area (Å²) in [6.45, 7) is 1.79. The number of hydrogen-bond donors (Lipinski definition) is 0. The van der Waals surface area contributed by atoms with Crippen molar-refractivity contribution in [1.82, 2.24) is 9.55 Å². The van der Waals surface area contributed by atoms with Crippen molar-refractivity contribution in [3.63, 3.8) is 0 Å². The summed E-state index contributed by atoms with van der Waals surface area (Å²) >= 11 is 0. The molecule has 5 nitrogen and oxygen atoms in total. The molecular weight excluding hydrogens is 878 g/mol. The van der Waals surface area contributed by atoms with Gasteiger partial charge < -0.3 is 19.3 Å². The van der Waals surface area contributed by atoms with Crippen LogP contribution in [0, 0.1) is 18.8 Å². The van der Waals surface area contributed by atoms with Gasteiger partial charge in [-0.3, -0.25) is 0 Å². The molecule has 6 heteroatoms. The Balaban J connectivity index is 0.00000562. The first-order valence-corrected chi connectivity index (χ1v) is 18.1. The van der Waals surface area contributed by atoms with Gasteiger partial charge in [0.05, 0.1) is 13.7 Å². The molecule has 0 aliphatic carbocycles. The molecule has 280 valence electrons. The Morgan fingerprint density at radius 1 is 0.649 bits per heavy atom. The molecule has 0 amide bonds. The van der Waals surface area contributed by atoms with E-state index in [2.05, 4.69) is 47.0 Å². The molecule has 57 heavy (non-hydrogen) atoms. The van der Waals surface area contributed by atoms with Crippen molar-refractivity contribution >= 4 is 50.2 Å². The monoisotopic (exact) mass is 925 g/mol. The third kappa shape index (κ3) is 6.58. The van der Waals surface area contributed by atoms with Crippen LogP contribution >= 0.6 is 0 Å². The maximum Gasteiger partial charge on any atom is 0.137 e. The Labute approximate surface area is 362 Å². The largest absolute Gasteiger partial charge is 0.493 e. The molecule has 0 spiro atoms. The number of para-hydroxylation sites is 4. The summed E-state index contributed by atoms with van der Waals surface area (Å²) in [7, 11) is 4.00. The van der Waals surface area contributed by atoms with Crippen molar-refractivity contribution in [3.05, 3.63) is 206 Å². The third-order valence-electron chi connectivity index (χ3n) is 10.0. The number of hydrogen-bond acceptors (Lipinski definition) is 4. The predicted molar refractivity (Wildman–Crippen MR) is 232 cm³/mol. The third-order valence-corrected chi connectivity index (χ3v) is 10.0. The minimum atomic E-state index is -0.552. The van der Waals surface area contributed by atoms with E-state index in [0.717, 1.165) is 50.1 Å². The van der Waals surface area contributed by atoms with Gasteiger partial charge in [-0.2, -0.15) is 53.6 Å². The Morgan fingerprint density at radius 3 is 2.02 bits per heavy atom. The van der Waals surface area contributed by atoms with Crippen LogP contribution in [-0.4, -0.2) is 23.6 Å². The molecule has 0 saturated heterocycles. The van der Waals surface area contributed by atoms with Crippen LogP contribution in [0.15, 0.2) is 176 Å². The summed E-state index contributed by atoms with van der Waals surface area (Å²) in [4.78, 5) is 10.5. The fourth-order valence-corrected chi connectivity index (χ4v) is 7.49. The average molecular weight is 926 g/mol. The van der Waals surface area contributed by atoms with Gasteiger partial charge in [0, 0.05) is 86.8 Å². The molecule has 9 aromatic rings. The standard InChI is InChI=1S/C51H38N5.Pt/c1-53(2)40-29-30-52-50(34-40)56-46-24-10-9-21-44(46)45-28-27-37(33-49(45)56)31-36-15-13-20-41(32-36)54-35-55(48-26-12-11-25-47(48)54)51-42(38-16-5-3-6-17-38)22-14-23-43(51)39-18-7-4-8-19-39;/h3-30,34-35H,31H2,1-2H3;/q-3;/i3D,4D,5D,6D,7D,8D,16D,17D,18D,19D;.